The van der Waals surface area contributed by atoms with Crippen LogP contribution in [0.2, 0.25) is 0 Å². The number of hydrogen-bond acceptors (Lipinski definition) is 2. The summed E-state index contributed by atoms with van der Waals surface area (Å²) in [5, 5.41) is 0. The average Bonchev–Trinajstić information content (AvgIpc) is 2.67. The van der Waals surface area contributed by atoms with E-state index in [1.165, 1.54) is 18.5 Å². The van der Waals surface area contributed by atoms with E-state index < -0.39 is 0 Å². The van der Waals surface area contributed by atoms with Crippen molar-refractivity contribution in [2.24, 2.45) is 0 Å². The van der Waals surface area contributed by atoms with Crippen molar-refractivity contribution in [3.05, 3.63) is 17.7 Å². The molecule has 3 nitrogen and oxygen atoms in total. The lowest BCUT2D eigenvalue weighted by atomic mass is 10.2. The normalized spacial score (nSPS) is 27.1. The van der Waals surface area contributed by atoms with Crippen LogP contribution in [0.15, 0.2) is 6.33 Å². The van der Waals surface area contributed by atoms with Gasteiger partial charge in [-0.1, -0.05) is 0 Å². The Morgan fingerprint density at radius 2 is 2.29 bits per heavy atom. The second kappa shape index (κ2) is 3.73. The molecule has 2 heterocycles. The van der Waals surface area contributed by atoms with E-state index >= 15 is 0 Å². The number of ether oxygens (including phenoxy) is 1. The highest BCUT2D eigenvalue weighted by molar-refractivity contribution is 5.08. The Morgan fingerprint density at radius 3 is 2.79 bits per heavy atom. The Kier molecular flexibility index (Phi) is 2.59. The molecule has 0 spiro atoms. The molecule has 0 amide bonds. The number of rotatable bonds is 2. The summed E-state index contributed by atoms with van der Waals surface area (Å²) in [5.74, 6) is 0. The monoisotopic (exact) mass is 194 g/mol. The van der Waals surface area contributed by atoms with Crippen molar-refractivity contribution in [1.82, 2.24) is 9.55 Å². The van der Waals surface area contributed by atoms with Crippen LogP contribution in [0.4, 0.5) is 0 Å². The van der Waals surface area contributed by atoms with Gasteiger partial charge in [-0.05, 0) is 33.6 Å². The van der Waals surface area contributed by atoms with Crippen LogP contribution in [0.25, 0.3) is 0 Å². The van der Waals surface area contributed by atoms with Gasteiger partial charge in [0.1, 0.15) is 0 Å². The molecular weight excluding hydrogens is 176 g/mol. The zero-order valence-corrected chi connectivity index (χ0v) is 9.16. The quantitative estimate of drug-likeness (QED) is 0.720. The second-order valence-corrected chi connectivity index (χ2v) is 4.21. The molecule has 0 N–H and O–H groups in total. The van der Waals surface area contributed by atoms with Gasteiger partial charge in [-0.25, -0.2) is 4.98 Å². The minimum Gasteiger partial charge on any atom is -0.373 e. The van der Waals surface area contributed by atoms with Gasteiger partial charge in [-0.15, -0.1) is 0 Å². The molecule has 14 heavy (non-hydrogen) atoms. The molecule has 2 unspecified atom stereocenters. The van der Waals surface area contributed by atoms with Crippen molar-refractivity contribution >= 4 is 0 Å². The third-order valence-electron chi connectivity index (χ3n) is 3.07. The van der Waals surface area contributed by atoms with Crippen molar-refractivity contribution in [2.75, 3.05) is 0 Å². The Morgan fingerprint density at radius 1 is 1.50 bits per heavy atom. The van der Waals surface area contributed by atoms with Gasteiger partial charge >= 0.3 is 0 Å². The summed E-state index contributed by atoms with van der Waals surface area (Å²) in [6.45, 7) is 7.26. The van der Waals surface area contributed by atoms with Crippen LogP contribution in [0.1, 0.15) is 31.2 Å². The van der Waals surface area contributed by atoms with Gasteiger partial charge in [0.15, 0.2) is 0 Å². The highest BCUT2D eigenvalue weighted by atomic mass is 16.5. The zero-order chi connectivity index (χ0) is 10.1. The van der Waals surface area contributed by atoms with Gasteiger partial charge in [-0.3, -0.25) is 0 Å². The van der Waals surface area contributed by atoms with E-state index in [4.69, 9.17) is 4.74 Å². The smallest absolute Gasteiger partial charge is 0.0952 e. The van der Waals surface area contributed by atoms with Crippen molar-refractivity contribution < 1.29 is 4.74 Å². The molecule has 1 aromatic heterocycles. The van der Waals surface area contributed by atoms with Crippen molar-refractivity contribution in [3.63, 3.8) is 0 Å². The zero-order valence-electron chi connectivity index (χ0n) is 9.16. The summed E-state index contributed by atoms with van der Waals surface area (Å²) in [4.78, 5) is 4.28. The lowest BCUT2D eigenvalue weighted by Crippen LogP contribution is -2.16. The first kappa shape index (κ1) is 9.71. The van der Waals surface area contributed by atoms with E-state index in [0.29, 0.717) is 12.2 Å². The van der Waals surface area contributed by atoms with E-state index in [-0.39, 0.29) is 0 Å². The molecule has 1 aliphatic rings. The Labute approximate surface area is 85.1 Å². The number of aryl methyl sites for hydroxylation is 1. The van der Waals surface area contributed by atoms with Crippen molar-refractivity contribution in [3.8, 4) is 0 Å². The summed E-state index contributed by atoms with van der Waals surface area (Å²) >= 11 is 0. The predicted molar refractivity (Wildman–Crippen MR) is 55.3 cm³/mol. The fraction of sp³-hybridized carbons (Fsp3) is 0.727. The first-order valence-electron chi connectivity index (χ1n) is 5.30. The summed E-state index contributed by atoms with van der Waals surface area (Å²) in [5.41, 5.74) is 2.38. The van der Waals surface area contributed by atoms with Crippen LogP contribution < -0.4 is 0 Å². The molecule has 2 rings (SSSR count). The van der Waals surface area contributed by atoms with Gasteiger partial charge in [0, 0.05) is 5.69 Å². The first-order valence-corrected chi connectivity index (χ1v) is 5.30. The molecule has 0 aromatic carbocycles. The SMILES string of the molecule is Cc1ncn(CC2CCC(C)O2)c1C. The largest absolute Gasteiger partial charge is 0.373 e. The Bertz CT molecular complexity index is 319. The van der Waals surface area contributed by atoms with E-state index in [9.17, 15) is 0 Å². The summed E-state index contributed by atoms with van der Waals surface area (Å²) in [7, 11) is 0. The molecule has 1 saturated heterocycles. The maximum Gasteiger partial charge on any atom is 0.0952 e. The lowest BCUT2D eigenvalue weighted by molar-refractivity contribution is 0.0454. The highest BCUT2D eigenvalue weighted by Crippen LogP contribution is 2.21. The van der Waals surface area contributed by atoms with Crippen LogP contribution in [0, 0.1) is 13.8 Å². The summed E-state index contributed by atoms with van der Waals surface area (Å²) in [6, 6.07) is 0. The molecule has 78 valence electrons. The van der Waals surface area contributed by atoms with E-state index in [1.54, 1.807) is 0 Å². The minimum absolute atomic E-state index is 0.386. The van der Waals surface area contributed by atoms with Gasteiger partial charge in [0.05, 0.1) is 30.8 Å². The summed E-state index contributed by atoms with van der Waals surface area (Å²) in [6.07, 6.45) is 5.11. The van der Waals surface area contributed by atoms with E-state index in [2.05, 4.69) is 23.4 Å². The standard InChI is InChI=1S/C11H18N2O/c1-8-4-5-11(14-8)6-13-7-12-9(2)10(13)3/h7-8,11H,4-6H2,1-3H3. The summed E-state index contributed by atoms with van der Waals surface area (Å²) < 4.78 is 7.97. The Hall–Kier alpha value is -0.830. The van der Waals surface area contributed by atoms with Gasteiger partial charge in [-0.2, -0.15) is 0 Å². The highest BCUT2D eigenvalue weighted by Gasteiger charge is 2.22. The van der Waals surface area contributed by atoms with Gasteiger partial charge in [0.2, 0.25) is 0 Å². The third kappa shape index (κ3) is 1.82. The molecule has 0 saturated carbocycles. The molecule has 0 radical (unpaired) electrons. The molecule has 1 aromatic rings. The van der Waals surface area contributed by atoms with Crippen LogP contribution >= 0.6 is 0 Å². The van der Waals surface area contributed by atoms with Gasteiger partial charge in [0.25, 0.3) is 0 Å². The Balaban J connectivity index is 2.01. The van der Waals surface area contributed by atoms with Gasteiger partial charge < -0.3 is 9.30 Å². The average molecular weight is 194 g/mol. The molecule has 1 fully saturated rings. The first-order chi connectivity index (χ1) is 6.66. The molecule has 0 bridgehead atoms. The number of nitrogens with zero attached hydrogens (tertiary/aromatic N) is 2. The topological polar surface area (TPSA) is 27.1 Å². The number of imidazole rings is 1. The maximum atomic E-state index is 5.78. The van der Waals surface area contributed by atoms with Crippen molar-refractivity contribution in [1.29, 1.82) is 0 Å². The van der Waals surface area contributed by atoms with Crippen molar-refractivity contribution in [2.45, 2.75) is 52.4 Å². The minimum atomic E-state index is 0.386. The second-order valence-electron chi connectivity index (χ2n) is 4.21. The molecule has 2 atom stereocenters. The fourth-order valence-corrected chi connectivity index (χ4v) is 1.97. The molecule has 1 aliphatic heterocycles. The fourth-order valence-electron chi connectivity index (χ4n) is 1.97. The van der Waals surface area contributed by atoms with Crippen LogP contribution in [0.3, 0.4) is 0 Å². The predicted octanol–water partition coefficient (Wildman–Crippen LogP) is 2.07. The maximum absolute atomic E-state index is 5.78. The van der Waals surface area contributed by atoms with Crippen LogP contribution in [-0.2, 0) is 11.3 Å². The van der Waals surface area contributed by atoms with E-state index in [0.717, 1.165) is 12.2 Å². The van der Waals surface area contributed by atoms with E-state index in [1.807, 2.05) is 13.3 Å². The molecular formula is C11H18N2O. The number of aromatic nitrogens is 2. The van der Waals surface area contributed by atoms with Crippen LogP contribution in [-0.4, -0.2) is 21.8 Å². The number of hydrogen-bond donors (Lipinski definition) is 0. The molecule has 0 aliphatic carbocycles. The lowest BCUT2D eigenvalue weighted by Gasteiger charge is -2.12. The van der Waals surface area contributed by atoms with Crippen LogP contribution in [0.5, 0.6) is 0 Å². The molecule has 3 heteroatoms. The third-order valence-corrected chi connectivity index (χ3v) is 3.07.